The third-order valence-corrected chi connectivity index (χ3v) is 3.93. The highest BCUT2D eigenvalue weighted by Gasteiger charge is 2.16. The molecule has 0 aliphatic rings. The molecule has 1 amide bonds. The first kappa shape index (κ1) is 17.7. The lowest BCUT2D eigenvalue weighted by molar-refractivity contribution is -0.145. The summed E-state index contributed by atoms with van der Waals surface area (Å²) in [6.07, 6.45) is 0.966. The molecule has 1 N–H and O–H groups in total. The van der Waals surface area contributed by atoms with E-state index in [9.17, 15) is 9.59 Å². The molecule has 4 heteroatoms. The first-order valence-corrected chi connectivity index (χ1v) is 8.16. The van der Waals surface area contributed by atoms with Gasteiger partial charge in [-0.05, 0) is 30.0 Å². The van der Waals surface area contributed by atoms with Gasteiger partial charge in [-0.15, -0.1) is 0 Å². The second-order valence-electron chi connectivity index (χ2n) is 5.68. The smallest absolute Gasteiger partial charge is 0.325 e. The maximum absolute atomic E-state index is 12.2. The predicted octanol–water partition coefficient (Wildman–Crippen LogP) is 3.21. The van der Waals surface area contributed by atoms with Gasteiger partial charge in [-0.3, -0.25) is 9.59 Å². The largest absolute Gasteiger partial charge is 0.460 e. The molecule has 2 aromatic carbocycles. The van der Waals surface area contributed by atoms with Crippen molar-refractivity contribution in [1.82, 2.24) is 5.32 Å². The fraction of sp³-hybridized carbons (Fsp3) is 0.300. The van der Waals surface area contributed by atoms with Gasteiger partial charge >= 0.3 is 5.97 Å². The molecule has 4 nitrogen and oxygen atoms in total. The minimum Gasteiger partial charge on any atom is -0.460 e. The van der Waals surface area contributed by atoms with Crippen molar-refractivity contribution in [2.75, 3.05) is 6.54 Å². The number of carbonyl (C=O) groups is 2. The first-order chi connectivity index (χ1) is 11.6. The van der Waals surface area contributed by atoms with Crippen molar-refractivity contribution in [3.63, 3.8) is 0 Å². The topological polar surface area (TPSA) is 55.4 Å². The van der Waals surface area contributed by atoms with Crippen LogP contribution in [0.3, 0.4) is 0 Å². The first-order valence-electron chi connectivity index (χ1n) is 8.16. The standard InChI is InChI=1S/C20H23NO3/c1-3-16-9-11-18(12-10-16)15(2)20(23)21-13-19(22)24-14-17-7-5-4-6-8-17/h4-12,15H,3,13-14H2,1-2H3,(H,21,23). The Hall–Kier alpha value is -2.62. The number of rotatable bonds is 7. The molecule has 0 saturated heterocycles. The molecular weight excluding hydrogens is 302 g/mol. The third kappa shape index (κ3) is 5.23. The molecule has 1 atom stereocenters. The molecule has 0 aliphatic carbocycles. The van der Waals surface area contributed by atoms with Crippen LogP contribution in [0.25, 0.3) is 0 Å². The van der Waals surface area contributed by atoms with E-state index < -0.39 is 5.97 Å². The highest BCUT2D eigenvalue weighted by atomic mass is 16.5. The van der Waals surface area contributed by atoms with Gasteiger partial charge in [-0.1, -0.05) is 61.5 Å². The Balaban J connectivity index is 1.77. The highest BCUT2D eigenvalue weighted by molar-refractivity contribution is 5.86. The quantitative estimate of drug-likeness (QED) is 0.795. The number of hydrogen-bond acceptors (Lipinski definition) is 3. The third-order valence-electron chi connectivity index (χ3n) is 3.93. The van der Waals surface area contributed by atoms with Crippen molar-refractivity contribution in [3.8, 4) is 0 Å². The van der Waals surface area contributed by atoms with E-state index in [0.717, 1.165) is 17.5 Å². The normalized spacial score (nSPS) is 11.6. The Bertz CT molecular complexity index is 665. The maximum Gasteiger partial charge on any atom is 0.325 e. The summed E-state index contributed by atoms with van der Waals surface area (Å²) in [5.41, 5.74) is 3.08. The molecule has 1 unspecified atom stereocenters. The summed E-state index contributed by atoms with van der Waals surface area (Å²) in [5.74, 6) is -0.936. The van der Waals surface area contributed by atoms with Gasteiger partial charge in [0.25, 0.3) is 0 Å². The number of hydrogen-bond donors (Lipinski definition) is 1. The number of aryl methyl sites for hydroxylation is 1. The second-order valence-corrected chi connectivity index (χ2v) is 5.68. The van der Waals surface area contributed by atoms with Gasteiger partial charge in [-0.2, -0.15) is 0 Å². The molecule has 0 aliphatic heterocycles. The average molecular weight is 325 g/mol. The zero-order chi connectivity index (χ0) is 17.4. The van der Waals surface area contributed by atoms with Crippen LogP contribution in [0, 0.1) is 0 Å². The van der Waals surface area contributed by atoms with Crippen LogP contribution >= 0.6 is 0 Å². The van der Waals surface area contributed by atoms with Crippen molar-refractivity contribution in [2.24, 2.45) is 0 Å². The van der Waals surface area contributed by atoms with Gasteiger partial charge in [0.15, 0.2) is 0 Å². The zero-order valence-electron chi connectivity index (χ0n) is 14.1. The van der Waals surface area contributed by atoms with Gasteiger partial charge in [0.2, 0.25) is 5.91 Å². The van der Waals surface area contributed by atoms with Crippen molar-refractivity contribution < 1.29 is 14.3 Å². The minimum absolute atomic E-state index is 0.122. The van der Waals surface area contributed by atoms with E-state index in [1.807, 2.05) is 61.5 Å². The summed E-state index contributed by atoms with van der Waals surface area (Å²) in [6, 6.07) is 17.4. The minimum atomic E-state index is -0.444. The van der Waals surface area contributed by atoms with E-state index in [4.69, 9.17) is 4.74 Å². The molecule has 0 radical (unpaired) electrons. The van der Waals surface area contributed by atoms with Gasteiger partial charge < -0.3 is 10.1 Å². The van der Waals surface area contributed by atoms with Crippen molar-refractivity contribution >= 4 is 11.9 Å². The molecular formula is C20H23NO3. The van der Waals surface area contributed by atoms with Gasteiger partial charge in [0.05, 0.1) is 5.92 Å². The number of ether oxygens (including phenoxy) is 1. The molecule has 0 heterocycles. The SMILES string of the molecule is CCc1ccc(C(C)C(=O)NCC(=O)OCc2ccccc2)cc1. The Kier molecular flexibility index (Phi) is 6.55. The Morgan fingerprint density at radius 2 is 1.67 bits per heavy atom. The van der Waals surface area contributed by atoms with E-state index in [0.29, 0.717) is 0 Å². The van der Waals surface area contributed by atoms with E-state index >= 15 is 0 Å². The Labute approximate surface area is 142 Å². The van der Waals surface area contributed by atoms with Crippen LogP contribution in [0.5, 0.6) is 0 Å². The molecule has 2 rings (SSSR count). The van der Waals surface area contributed by atoms with Crippen LogP contribution in [0.2, 0.25) is 0 Å². The van der Waals surface area contributed by atoms with Gasteiger partial charge in [0.1, 0.15) is 13.2 Å². The number of amides is 1. The highest BCUT2D eigenvalue weighted by Crippen LogP contribution is 2.16. The summed E-state index contributed by atoms with van der Waals surface area (Å²) >= 11 is 0. The fourth-order valence-electron chi connectivity index (χ4n) is 2.29. The van der Waals surface area contributed by atoms with Crippen LogP contribution in [0.15, 0.2) is 54.6 Å². The second kappa shape index (κ2) is 8.87. The van der Waals surface area contributed by atoms with Crippen LogP contribution in [0.1, 0.15) is 36.5 Å². The molecule has 0 aromatic heterocycles. The van der Waals surface area contributed by atoms with E-state index in [2.05, 4.69) is 12.2 Å². The number of carbonyl (C=O) groups excluding carboxylic acids is 2. The van der Waals surface area contributed by atoms with Gasteiger partial charge in [-0.25, -0.2) is 0 Å². The van der Waals surface area contributed by atoms with Crippen LogP contribution < -0.4 is 5.32 Å². The summed E-state index contributed by atoms with van der Waals surface area (Å²) in [4.78, 5) is 23.9. The number of esters is 1. The molecule has 126 valence electrons. The van der Waals surface area contributed by atoms with Gasteiger partial charge in [0, 0.05) is 0 Å². The van der Waals surface area contributed by atoms with E-state index in [-0.39, 0.29) is 25.0 Å². The number of benzene rings is 2. The Morgan fingerprint density at radius 3 is 2.29 bits per heavy atom. The Morgan fingerprint density at radius 1 is 1.00 bits per heavy atom. The monoisotopic (exact) mass is 325 g/mol. The van der Waals surface area contributed by atoms with Crippen molar-refractivity contribution in [3.05, 3.63) is 71.3 Å². The molecule has 2 aromatic rings. The van der Waals surface area contributed by atoms with Crippen molar-refractivity contribution in [1.29, 1.82) is 0 Å². The van der Waals surface area contributed by atoms with Crippen LogP contribution in [-0.2, 0) is 27.4 Å². The zero-order valence-corrected chi connectivity index (χ0v) is 14.1. The fourth-order valence-corrected chi connectivity index (χ4v) is 2.29. The average Bonchev–Trinajstić information content (AvgIpc) is 2.64. The van der Waals surface area contributed by atoms with E-state index in [1.54, 1.807) is 0 Å². The lowest BCUT2D eigenvalue weighted by Gasteiger charge is -2.13. The molecule has 0 bridgehead atoms. The lowest BCUT2D eigenvalue weighted by atomic mass is 9.98. The summed E-state index contributed by atoms with van der Waals surface area (Å²) in [6.45, 7) is 4.00. The molecule has 24 heavy (non-hydrogen) atoms. The molecule has 0 saturated carbocycles. The van der Waals surface area contributed by atoms with E-state index in [1.165, 1.54) is 5.56 Å². The summed E-state index contributed by atoms with van der Waals surface area (Å²) in [7, 11) is 0. The molecule has 0 fully saturated rings. The van der Waals surface area contributed by atoms with Crippen LogP contribution in [0.4, 0.5) is 0 Å². The summed E-state index contributed by atoms with van der Waals surface area (Å²) < 4.78 is 5.14. The lowest BCUT2D eigenvalue weighted by Crippen LogP contribution is -2.33. The predicted molar refractivity (Wildman–Crippen MR) is 93.5 cm³/mol. The number of nitrogens with one attached hydrogen (secondary N) is 1. The maximum atomic E-state index is 12.2. The molecule has 0 spiro atoms. The summed E-state index contributed by atoms with van der Waals surface area (Å²) in [5, 5.41) is 2.63. The van der Waals surface area contributed by atoms with Crippen LogP contribution in [-0.4, -0.2) is 18.4 Å². The van der Waals surface area contributed by atoms with Crippen molar-refractivity contribution in [2.45, 2.75) is 32.8 Å².